The van der Waals surface area contributed by atoms with Crippen LogP contribution in [0.5, 0.6) is 10.9 Å². The van der Waals surface area contributed by atoms with Crippen molar-refractivity contribution in [3.05, 3.63) is 40.4 Å². The lowest BCUT2D eigenvalue weighted by Crippen LogP contribution is -1.97. The highest BCUT2D eigenvalue weighted by Gasteiger charge is 2.06. The second-order valence-corrected chi connectivity index (χ2v) is 4.68. The normalized spacial score (nSPS) is 10.5. The van der Waals surface area contributed by atoms with E-state index in [4.69, 9.17) is 10.5 Å². The number of rotatable bonds is 4. The Morgan fingerprint density at radius 2 is 2.24 bits per heavy atom. The molecule has 1 aromatic heterocycles. The van der Waals surface area contributed by atoms with E-state index in [0.29, 0.717) is 11.7 Å². The monoisotopic (exact) mass is 248 g/mol. The Labute approximate surface area is 105 Å². The summed E-state index contributed by atoms with van der Waals surface area (Å²) in [5.41, 5.74) is 8.85. The fourth-order valence-electron chi connectivity index (χ4n) is 1.47. The minimum atomic E-state index is 0.523. The second-order valence-electron chi connectivity index (χ2n) is 3.86. The fourth-order valence-corrected chi connectivity index (χ4v) is 2.24. The topological polar surface area (TPSA) is 48.1 Å². The van der Waals surface area contributed by atoms with Gasteiger partial charge in [-0.2, -0.15) is 0 Å². The molecule has 0 fully saturated rings. The third-order valence-electron chi connectivity index (χ3n) is 2.58. The van der Waals surface area contributed by atoms with Gasteiger partial charge in [-0.1, -0.05) is 30.4 Å². The number of benzene rings is 1. The van der Waals surface area contributed by atoms with E-state index in [-0.39, 0.29) is 0 Å². The summed E-state index contributed by atoms with van der Waals surface area (Å²) in [5, 5.41) is 2.72. The molecular formula is C13H16N2OS. The minimum Gasteiger partial charge on any atom is -0.431 e. The van der Waals surface area contributed by atoms with E-state index >= 15 is 0 Å². The van der Waals surface area contributed by atoms with E-state index in [2.05, 4.69) is 11.9 Å². The third-order valence-corrected chi connectivity index (χ3v) is 3.34. The standard InChI is InChI=1S/C13H16N2OS/c1-3-11-8-17-13(15-11)16-12-6-10(7-14)5-4-9(12)2/h4-6,8H,3,7,14H2,1-2H3. The smallest absolute Gasteiger partial charge is 0.278 e. The van der Waals surface area contributed by atoms with Crippen molar-refractivity contribution in [1.82, 2.24) is 4.98 Å². The lowest BCUT2D eigenvalue weighted by Gasteiger charge is -2.07. The summed E-state index contributed by atoms with van der Waals surface area (Å²) in [6.45, 7) is 4.62. The van der Waals surface area contributed by atoms with Gasteiger partial charge < -0.3 is 10.5 Å². The van der Waals surface area contributed by atoms with Gasteiger partial charge in [0, 0.05) is 11.9 Å². The van der Waals surface area contributed by atoms with Gasteiger partial charge in [-0.3, -0.25) is 0 Å². The van der Waals surface area contributed by atoms with Gasteiger partial charge in [-0.15, -0.1) is 0 Å². The fraction of sp³-hybridized carbons (Fsp3) is 0.308. The SMILES string of the molecule is CCc1csc(Oc2cc(CN)ccc2C)n1. The number of ether oxygens (including phenoxy) is 1. The van der Waals surface area contributed by atoms with Gasteiger partial charge in [0.25, 0.3) is 5.19 Å². The Morgan fingerprint density at radius 1 is 1.41 bits per heavy atom. The van der Waals surface area contributed by atoms with Crippen LogP contribution in [0, 0.1) is 6.92 Å². The molecule has 0 radical (unpaired) electrons. The summed E-state index contributed by atoms with van der Waals surface area (Å²) in [7, 11) is 0. The van der Waals surface area contributed by atoms with Gasteiger partial charge in [-0.05, 0) is 30.5 Å². The van der Waals surface area contributed by atoms with Crippen LogP contribution >= 0.6 is 11.3 Å². The predicted molar refractivity (Wildman–Crippen MR) is 70.6 cm³/mol. The Balaban J connectivity index is 2.22. The summed E-state index contributed by atoms with van der Waals surface area (Å²) in [6, 6.07) is 6.01. The van der Waals surface area contributed by atoms with Crippen molar-refractivity contribution in [2.24, 2.45) is 5.73 Å². The van der Waals surface area contributed by atoms with E-state index in [9.17, 15) is 0 Å². The average molecular weight is 248 g/mol. The molecule has 2 aromatic rings. The zero-order valence-corrected chi connectivity index (χ0v) is 10.9. The second kappa shape index (κ2) is 5.29. The van der Waals surface area contributed by atoms with Crippen LogP contribution in [-0.4, -0.2) is 4.98 Å². The molecule has 0 aliphatic carbocycles. The van der Waals surface area contributed by atoms with Gasteiger partial charge in [0.1, 0.15) is 5.75 Å². The molecule has 1 aromatic carbocycles. The molecule has 0 spiro atoms. The highest BCUT2D eigenvalue weighted by Crippen LogP contribution is 2.28. The van der Waals surface area contributed by atoms with Gasteiger partial charge in [0.05, 0.1) is 5.69 Å². The summed E-state index contributed by atoms with van der Waals surface area (Å²) in [5.74, 6) is 0.838. The van der Waals surface area contributed by atoms with Gasteiger partial charge in [0.15, 0.2) is 0 Å². The highest BCUT2D eigenvalue weighted by atomic mass is 32.1. The zero-order valence-electron chi connectivity index (χ0n) is 10.1. The number of hydrogen-bond acceptors (Lipinski definition) is 4. The number of thiazole rings is 1. The summed E-state index contributed by atoms with van der Waals surface area (Å²) in [6.07, 6.45) is 0.932. The molecule has 0 bridgehead atoms. The highest BCUT2D eigenvalue weighted by molar-refractivity contribution is 7.11. The van der Waals surface area contributed by atoms with Crippen molar-refractivity contribution < 1.29 is 4.74 Å². The number of aromatic nitrogens is 1. The van der Waals surface area contributed by atoms with E-state index < -0.39 is 0 Å². The summed E-state index contributed by atoms with van der Waals surface area (Å²) >= 11 is 1.53. The number of nitrogens with two attached hydrogens (primary N) is 1. The number of hydrogen-bond donors (Lipinski definition) is 1. The van der Waals surface area contributed by atoms with Crippen LogP contribution in [0.25, 0.3) is 0 Å². The molecule has 0 aliphatic heterocycles. The Morgan fingerprint density at radius 3 is 2.88 bits per heavy atom. The molecule has 0 saturated heterocycles. The van der Waals surface area contributed by atoms with E-state index in [1.165, 1.54) is 11.3 Å². The van der Waals surface area contributed by atoms with E-state index in [0.717, 1.165) is 29.0 Å². The first kappa shape index (κ1) is 12.1. The molecule has 17 heavy (non-hydrogen) atoms. The molecule has 2 rings (SSSR count). The molecule has 90 valence electrons. The first-order chi connectivity index (χ1) is 8.22. The summed E-state index contributed by atoms with van der Waals surface area (Å²) < 4.78 is 5.79. The van der Waals surface area contributed by atoms with Crippen molar-refractivity contribution in [1.29, 1.82) is 0 Å². The van der Waals surface area contributed by atoms with Crippen LogP contribution in [-0.2, 0) is 13.0 Å². The average Bonchev–Trinajstić information content (AvgIpc) is 2.80. The van der Waals surface area contributed by atoms with Crippen LogP contribution in [0.2, 0.25) is 0 Å². The molecule has 0 aliphatic rings. The first-order valence-corrected chi connectivity index (χ1v) is 6.52. The van der Waals surface area contributed by atoms with Crippen LogP contribution < -0.4 is 10.5 Å². The maximum atomic E-state index is 5.79. The lowest BCUT2D eigenvalue weighted by atomic mass is 10.1. The van der Waals surface area contributed by atoms with Gasteiger partial charge in [-0.25, -0.2) is 4.98 Å². The molecule has 1 heterocycles. The summed E-state index contributed by atoms with van der Waals surface area (Å²) in [4.78, 5) is 4.39. The van der Waals surface area contributed by atoms with Crippen molar-refractivity contribution in [3.8, 4) is 10.9 Å². The molecule has 0 saturated carbocycles. The maximum absolute atomic E-state index is 5.79. The quantitative estimate of drug-likeness (QED) is 0.903. The Hall–Kier alpha value is -1.39. The Bertz CT molecular complexity index is 508. The predicted octanol–water partition coefficient (Wildman–Crippen LogP) is 3.26. The van der Waals surface area contributed by atoms with E-state index in [1.807, 2.05) is 30.5 Å². The van der Waals surface area contributed by atoms with Gasteiger partial charge >= 0.3 is 0 Å². The van der Waals surface area contributed by atoms with Crippen molar-refractivity contribution in [2.75, 3.05) is 0 Å². The zero-order chi connectivity index (χ0) is 12.3. The number of nitrogens with zero attached hydrogens (tertiary/aromatic N) is 1. The molecule has 4 heteroatoms. The number of aryl methyl sites for hydroxylation is 2. The largest absolute Gasteiger partial charge is 0.431 e. The van der Waals surface area contributed by atoms with E-state index in [1.54, 1.807) is 0 Å². The van der Waals surface area contributed by atoms with Crippen molar-refractivity contribution in [2.45, 2.75) is 26.8 Å². The van der Waals surface area contributed by atoms with Crippen molar-refractivity contribution >= 4 is 11.3 Å². The molecule has 0 amide bonds. The Kier molecular flexibility index (Phi) is 3.76. The van der Waals surface area contributed by atoms with Crippen molar-refractivity contribution in [3.63, 3.8) is 0 Å². The van der Waals surface area contributed by atoms with Crippen LogP contribution in [0.4, 0.5) is 0 Å². The van der Waals surface area contributed by atoms with Crippen LogP contribution in [0.3, 0.4) is 0 Å². The van der Waals surface area contributed by atoms with Crippen LogP contribution in [0.15, 0.2) is 23.6 Å². The molecule has 0 atom stereocenters. The molecule has 0 unspecified atom stereocenters. The first-order valence-electron chi connectivity index (χ1n) is 5.64. The lowest BCUT2D eigenvalue weighted by molar-refractivity contribution is 0.473. The maximum Gasteiger partial charge on any atom is 0.278 e. The molecule has 2 N–H and O–H groups in total. The minimum absolute atomic E-state index is 0.523. The van der Waals surface area contributed by atoms with Gasteiger partial charge in [0.2, 0.25) is 0 Å². The molecular weight excluding hydrogens is 232 g/mol. The van der Waals surface area contributed by atoms with Crippen LogP contribution in [0.1, 0.15) is 23.7 Å². The molecule has 3 nitrogen and oxygen atoms in total. The third kappa shape index (κ3) is 2.84.